The van der Waals surface area contributed by atoms with E-state index in [2.05, 4.69) is 10.1 Å². The molecule has 0 unspecified atom stereocenters. The van der Waals surface area contributed by atoms with Crippen molar-refractivity contribution in [1.82, 2.24) is 14.8 Å². The van der Waals surface area contributed by atoms with Crippen LogP contribution in [0.25, 0.3) is 22.3 Å². The number of pyridine rings is 1. The van der Waals surface area contributed by atoms with Crippen LogP contribution in [-0.2, 0) is 10.9 Å². The fraction of sp³-hybridized carbons (Fsp3) is 0.400. The molecule has 1 N–H and O–H groups in total. The third-order valence-electron chi connectivity index (χ3n) is 5.70. The van der Waals surface area contributed by atoms with Crippen LogP contribution in [0.15, 0.2) is 30.5 Å². The molecule has 0 radical (unpaired) electrons. The molecule has 5 nitrogen and oxygen atoms in total. The van der Waals surface area contributed by atoms with Gasteiger partial charge in [0.2, 0.25) is 0 Å². The molecule has 5 rings (SSSR count). The summed E-state index contributed by atoms with van der Waals surface area (Å²) in [6.07, 6.45) is 0.960. The number of rotatable bonds is 2. The first-order valence-electron chi connectivity index (χ1n) is 9.22. The Bertz CT molecular complexity index is 1050. The van der Waals surface area contributed by atoms with Crippen LogP contribution in [0.4, 0.5) is 13.2 Å². The normalized spacial score (nSPS) is 24.4. The average molecular weight is 389 g/mol. The van der Waals surface area contributed by atoms with Gasteiger partial charge in [-0.3, -0.25) is 4.68 Å². The number of hydrogen-bond acceptors (Lipinski definition) is 4. The van der Waals surface area contributed by atoms with E-state index in [0.717, 1.165) is 36.8 Å². The molecule has 8 heteroatoms. The zero-order valence-corrected chi connectivity index (χ0v) is 15.1. The predicted octanol–water partition coefficient (Wildman–Crippen LogP) is 4.62. The van der Waals surface area contributed by atoms with Gasteiger partial charge in [0.15, 0.2) is 5.65 Å². The molecular formula is C20H18F3N3O2. The van der Waals surface area contributed by atoms with E-state index in [1.807, 2.05) is 16.9 Å². The van der Waals surface area contributed by atoms with Gasteiger partial charge in [0.25, 0.3) is 0 Å². The number of halogens is 3. The largest absolute Gasteiger partial charge is 0.507 e. The number of phenolic OH excluding ortho intramolecular Hbond substituents is 1. The molecule has 2 bridgehead atoms. The van der Waals surface area contributed by atoms with Crippen molar-refractivity contribution in [2.24, 2.45) is 0 Å². The fourth-order valence-corrected chi connectivity index (χ4v) is 4.38. The van der Waals surface area contributed by atoms with Gasteiger partial charge in [0, 0.05) is 17.1 Å². The first-order chi connectivity index (χ1) is 13.3. The number of nitrogens with zero attached hydrogens (tertiary/aromatic N) is 3. The maximum atomic E-state index is 13.0. The average Bonchev–Trinajstić information content (AvgIpc) is 3.34. The van der Waals surface area contributed by atoms with Gasteiger partial charge in [-0.05, 0) is 56.0 Å². The molecule has 2 fully saturated rings. The highest BCUT2D eigenvalue weighted by Gasteiger charge is 2.42. The number of aromatic nitrogens is 3. The monoisotopic (exact) mass is 389 g/mol. The quantitative estimate of drug-likeness (QED) is 0.695. The van der Waals surface area contributed by atoms with Crippen LogP contribution in [-0.4, -0.2) is 32.1 Å². The van der Waals surface area contributed by atoms with E-state index >= 15 is 0 Å². The van der Waals surface area contributed by atoms with Crippen LogP contribution >= 0.6 is 0 Å². The lowest BCUT2D eigenvalue weighted by Crippen LogP contribution is -2.21. The van der Waals surface area contributed by atoms with E-state index in [0.29, 0.717) is 23.0 Å². The number of fused-ring (bicyclic) bond motifs is 3. The summed E-state index contributed by atoms with van der Waals surface area (Å²) in [4.78, 5) is 4.50. The van der Waals surface area contributed by atoms with Crippen molar-refractivity contribution in [2.45, 2.75) is 50.6 Å². The Kier molecular flexibility index (Phi) is 3.71. The molecule has 146 valence electrons. The minimum atomic E-state index is -4.51. The summed E-state index contributed by atoms with van der Waals surface area (Å²) in [6.45, 7) is 1.53. The Morgan fingerprint density at radius 3 is 2.68 bits per heavy atom. The minimum Gasteiger partial charge on any atom is -0.507 e. The van der Waals surface area contributed by atoms with Crippen molar-refractivity contribution in [3.63, 3.8) is 0 Å². The molecule has 0 spiro atoms. The van der Waals surface area contributed by atoms with Crippen LogP contribution in [0.1, 0.15) is 36.4 Å². The van der Waals surface area contributed by atoms with Crippen LogP contribution in [0.2, 0.25) is 0 Å². The summed E-state index contributed by atoms with van der Waals surface area (Å²) in [7, 11) is 0. The number of phenols is 1. The Labute approximate surface area is 158 Å². The molecule has 28 heavy (non-hydrogen) atoms. The maximum absolute atomic E-state index is 13.0. The summed E-state index contributed by atoms with van der Waals surface area (Å²) in [6, 6.07) is 5.47. The molecule has 0 aliphatic carbocycles. The molecule has 2 saturated heterocycles. The standard InChI is InChI=1S/C20H18F3N3O2/c1-10-6-12(20(21,22)23)7-16(27)18(10)14-4-2-11-9-26(25-19(11)24-14)15-8-13-3-5-17(15)28-13/h2,4,6-7,9,13,15,17,27H,3,5,8H2,1H3/t13-,15-,17+/m0/s1. The van der Waals surface area contributed by atoms with E-state index < -0.39 is 17.5 Å². The van der Waals surface area contributed by atoms with Gasteiger partial charge in [0.05, 0.1) is 29.5 Å². The molecule has 2 aliphatic rings. The van der Waals surface area contributed by atoms with Gasteiger partial charge in [-0.25, -0.2) is 4.98 Å². The number of ether oxygens (including phenoxy) is 1. The number of aryl methyl sites for hydroxylation is 1. The first-order valence-corrected chi connectivity index (χ1v) is 9.22. The van der Waals surface area contributed by atoms with Crippen molar-refractivity contribution in [3.8, 4) is 17.0 Å². The number of aromatic hydroxyl groups is 1. The van der Waals surface area contributed by atoms with Crippen LogP contribution in [0, 0.1) is 6.92 Å². The molecule has 0 saturated carbocycles. The third kappa shape index (κ3) is 2.74. The lowest BCUT2D eigenvalue weighted by molar-refractivity contribution is -0.137. The van der Waals surface area contributed by atoms with E-state index in [-0.39, 0.29) is 17.7 Å². The smallest absolute Gasteiger partial charge is 0.416 e. The molecule has 0 amide bonds. The summed E-state index contributed by atoms with van der Waals surface area (Å²) < 4.78 is 46.7. The van der Waals surface area contributed by atoms with Crippen LogP contribution in [0.3, 0.4) is 0 Å². The summed E-state index contributed by atoms with van der Waals surface area (Å²) >= 11 is 0. The van der Waals surface area contributed by atoms with E-state index in [1.165, 1.54) is 6.92 Å². The number of hydrogen-bond donors (Lipinski definition) is 1. The lowest BCUT2D eigenvalue weighted by atomic mass is 9.96. The van der Waals surface area contributed by atoms with Gasteiger partial charge in [0.1, 0.15) is 5.75 Å². The topological polar surface area (TPSA) is 60.2 Å². The molecule has 4 heterocycles. The van der Waals surface area contributed by atoms with E-state index in [9.17, 15) is 18.3 Å². The molecule has 3 atom stereocenters. The van der Waals surface area contributed by atoms with Crippen molar-refractivity contribution in [1.29, 1.82) is 0 Å². The SMILES string of the molecule is Cc1cc(C(F)(F)F)cc(O)c1-c1ccc2cn([C@H]3C[C@@H]4CC[C@H]3O4)nc2n1. The van der Waals surface area contributed by atoms with Crippen LogP contribution < -0.4 is 0 Å². The van der Waals surface area contributed by atoms with Gasteiger partial charge >= 0.3 is 6.18 Å². The highest BCUT2D eigenvalue weighted by molar-refractivity contribution is 5.80. The second kappa shape index (κ2) is 5.94. The first kappa shape index (κ1) is 17.5. The molecule has 1 aromatic carbocycles. The number of alkyl halides is 3. The Morgan fingerprint density at radius 2 is 2.04 bits per heavy atom. The van der Waals surface area contributed by atoms with Crippen molar-refractivity contribution >= 4 is 11.0 Å². The predicted molar refractivity (Wildman–Crippen MR) is 95.9 cm³/mol. The minimum absolute atomic E-state index is 0.181. The molecule has 2 aliphatic heterocycles. The zero-order valence-electron chi connectivity index (χ0n) is 15.1. The van der Waals surface area contributed by atoms with Gasteiger partial charge in [-0.1, -0.05) is 0 Å². The Hall–Kier alpha value is -2.61. The molecular weight excluding hydrogens is 371 g/mol. The Morgan fingerprint density at radius 1 is 1.21 bits per heavy atom. The highest BCUT2D eigenvalue weighted by atomic mass is 19.4. The second-order valence-electron chi connectivity index (χ2n) is 7.58. The lowest BCUT2D eigenvalue weighted by Gasteiger charge is -2.18. The van der Waals surface area contributed by atoms with Crippen LogP contribution in [0.5, 0.6) is 5.75 Å². The molecule has 3 aromatic rings. The van der Waals surface area contributed by atoms with Gasteiger partial charge in [-0.15, -0.1) is 0 Å². The third-order valence-corrected chi connectivity index (χ3v) is 5.70. The summed E-state index contributed by atoms with van der Waals surface area (Å²) in [5.41, 5.74) is 0.602. The molecule has 2 aromatic heterocycles. The van der Waals surface area contributed by atoms with Crippen molar-refractivity contribution < 1.29 is 23.0 Å². The second-order valence-corrected chi connectivity index (χ2v) is 7.58. The van der Waals surface area contributed by atoms with E-state index in [1.54, 1.807) is 6.07 Å². The number of benzene rings is 1. The van der Waals surface area contributed by atoms with Gasteiger partial charge < -0.3 is 9.84 Å². The Balaban J connectivity index is 1.54. The van der Waals surface area contributed by atoms with Gasteiger partial charge in [-0.2, -0.15) is 18.3 Å². The summed E-state index contributed by atoms with van der Waals surface area (Å²) in [5.74, 6) is -0.444. The summed E-state index contributed by atoms with van der Waals surface area (Å²) in [5, 5.41) is 15.7. The fourth-order valence-electron chi connectivity index (χ4n) is 4.38. The maximum Gasteiger partial charge on any atom is 0.416 e. The van der Waals surface area contributed by atoms with Crippen molar-refractivity contribution in [2.75, 3.05) is 0 Å². The van der Waals surface area contributed by atoms with E-state index in [4.69, 9.17) is 4.74 Å². The van der Waals surface area contributed by atoms with Crippen molar-refractivity contribution in [3.05, 3.63) is 41.6 Å². The zero-order chi connectivity index (χ0) is 19.6. The highest BCUT2D eigenvalue weighted by Crippen LogP contribution is 2.42.